The Morgan fingerprint density at radius 3 is 2.16 bits per heavy atom. The summed E-state index contributed by atoms with van der Waals surface area (Å²) in [7, 11) is 4.45. The lowest BCUT2D eigenvalue weighted by Gasteiger charge is -2.13. The Kier molecular flexibility index (Phi) is 9.09. The molecule has 0 saturated carbocycles. The predicted molar refractivity (Wildman–Crippen MR) is 118 cm³/mol. The van der Waals surface area contributed by atoms with Crippen LogP contribution in [0, 0.1) is 0 Å². The predicted octanol–water partition coefficient (Wildman–Crippen LogP) is 2.68. The number of amides is 3. The van der Waals surface area contributed by atoms with Crippen molar-refractivity contribution in [2.45, 2.75) is 19.6 Å². The van der Waals surface area contributed by atoms with Gasteiger partial charge in [-0.15, -0.1) is 0 Å². The van der Waals surface area contributed by atoms with Crippen LogP contribution in [0.3, 0.4) is 0 Å². The fourth-order valence-corrected chi connectivity index (χ4v) is 2.66. The van der Waals surface area contributed by atoms with Gasteiger partial charge in [-0.2, -0.15) is 0 Å². The van der Waals surface area contributed by atoms with Crippen LogP contribution in [0.5, 0.6) is 17.2 Å². The zero-order valence-electron chi connectivity index (χ0n) is 18.3. The molecule has 2 N–H and O–H groups in total. The van der Waals surface area contributed by atoms with Crippen molar-refractivity contribution in [3.8, 4) is 17.2 Å². The van der Waals surface area contributed by atoms with E-state index >= 15 is 0 Å². The van der Waals surface area contributed by atoms with Gasteiger partial charge in [0.05, 0.1) is 21.3 Å². The van der Waals surface area contributed by atoms with E-state index in [9.17, 15) is 14.4 Å². The maximum atomic E-state index is 12.1. The number of ether oxygens (including phenoxy) is 4. The van der Waals surface area contributed by atoms with Crippen molar-refractivity contribution >= 4 is 24.0 Å². The molecule has 0 spiro atoms. The maximum Gasteiger partial charge on any atom is 0.331 e. The van der Waals surface area contributed by atoms with Crippen LogP contribution >= 0.6 is 0 Å². The van der Waals surface area contributed by atoms with Gasteiger partial charge in [0.1, 0.15) is 0 Å². The molecule has 1 atom stereocenters. The Morgan fingerprint density at radius 1 is 0.969 bits per heavy atom. The van der Waals surface area contributed by atoms with E-state index in [1.54, 1.807) is 12.1 Å². The van der Waals surface area contributed by atoms with E-state index in [0.29, 0.717) is 22.8 Å². The van der Waals surface area contributed by atoms with E-state index in [-0.39, 0.29) is 6.54 Å². The molecule has 0 aliphatic carbocycles. The molecule has 2 aromatic carbocycles. The molecule has 0 saturated heterocycles. The zero-order chi connectivity index (χ0) is 23.5. The Hall–Kier alpha value is -4.01. The van der Waals surface area contributed by atoms with E-state index in [0.717, 1.165) is 11.6 Å². The molecular formula is C23H26N2O7. The molecule has 2 rings (SSSR count). The lowest BCUT2D eigenvalue weighted by atomic mass is 10.1. The van der Waals surface area contributed by atoms with Gasteiger partial charge in [-0.3, -0.25) is 10.1 Å². The van der Waals surface area contributed by atoms with Gasteiger partial charge in [0.25, 0.3) is 5.91 Å². The number of esters is 1. The first kappa shape index (κ1) is 24.3. The van der Waals surface area contributed by atoms with Gasteiger partial charge < -0.3 is 24.3 Å². The Labute approximate surface area is 186 Å². The minimum absolute atomic E-state index is 0.256. The number of carbonyl (C=O) groups excluding carboxylic acids is 3. The highest BCUT2D eigenvalue weighted by atomic mass is 16.5. The van der Waals surface area contributed by atoms with E-state index in [4.69, 9.17) is 18.9 Å². The van der Waals surface area contributed by atoms with Crippen LogP contribution in [-0.4, -0.2) is 45.3 Å². The first-order valence-electron chi connectivity index (χ1n) is 9.69. The van der Waals surface area contributed by atoms with E-state index in [1.807, 2.05) is 30.3 Å². The maximum absolute atomic E-state index is 12.1. The van der Waals surface area contributed by atoms with Crippen LogP contribution in [0.2, 0.25) is 0 Å². The molecule has 0 heterocycles. The number of nitrogens with one attached hydrogen (secondary N) is 2. The van der Waals surface area contributed by atoms with Crippen LogP contribution in [0.25, 0.3) is 6.08 Å². The largest absolute Gasteiger partial charge is 0.493 e. The minimum Gasteiger partial charge on any atom is -0.493 e. The van der Waals surface area contributed by atoms with Crippen molar-refractivity contribution in [3.05, 3.63) is 59.7 Å². The third-order valence-electron chi connectivity index (χ3n) is 4.29. The van der Waals surface area contributed by atoms with Crippen molar-refractivity contribution in [2.75, 3.05) is 21.3 Å². The van der Waals surface area contributed by atoms with Crippen LogP contribution in [0.15, 0.2) is 48.5 Å². The van der Waals surface area contributed by atoms with Crippen LogP contribution in [-0.2, 0) is 20.9 Å². The molecule has 9 heteroatoms. The van der Waals surface area contributed by atoms with Crippen LogP contribution < -0.4 is 24.8 Å². The molecule has 2 aromatic rings. The summed E-state index contributed by atoms with van der Waals surface area (Å²) in [6, 6.07) is 11.8. The van der Waals surface area contributed by atoms with Gasteiger partial charge in [0, 0.05) is 12.6 Å². The third-order valence-corrected chi connectivity index (χ3v) is 4.29. The molecule has 1 unspecified atom stereocenters. The topological polar surface area (TPSA) is 112 Å². The summed E-state index contributed by atoms with van der Waals surface area (Å²) in [5, 5.41) is 4.69. The summed E-state index contributed by atoms with van der Waals surface area (Å²) in [6.45, 7) is 1.62. The van der Waals surface area contributed by atoms with Crippen molar-refractivity contribution in [3.63, 3.8) is 0 Å². The van der Waals surface area contributed by atoms with Crippen molar-refractivity contribution in [1.82, 2.24) is 10.6 Å². The molecule has 3 amide bonds. The van der Waals surface area contributed by atoms with Crippen molar-refractivity contribution < 1.29 is 33.3 Å². The number of methoxy groups -OCH3 is 3. The number of benzene rings is 2. The highest BCUT2D eigenvalue weighted by Crippen LogP contribution is 2.38. The summed E-state index contributed by atoms with van der Waals surface area (Å²) in [5.74, 6) is -0.231. The van der Waals surface area contributed by atoms with Gasteiger partial charge in [0.2, 0.25) is 5.75 Å². The standard InChI is InChI=1S/C23H26N2O7/c1-15(22(27)25-23(28)24-14-16-8-6-5-7-9-16)32-20(26)11-10-17-12-18(29-2)21(31-4)19(13-17)30-3/h5-13,15H,14H2,1-4H3,(H2,24,25,27,28)/b11-10+. The lowest BCUT2D eigenvalue weighted by Crippen LogP contribution is -2.44. The highest BCUT2D eigenvalue weighted by Gasteiger charge is 2.19. The van der Waals surface area contributed by atoms with E-state index in [2.05, 4.69) is 10.6 Å². The molecule has 0 aliphatic heterocycles. The fraction of sp³-hybridized carbons (Fsp3) is 0.261. The second-order valence-electron chi connectivity index (χ2n) is 6.53. The normalized spacial score (nSPS) is 11.4. The SMILES string of the molecule is COc1cc(/C=C/C(=O)OC(C)C(=O)NC(=O)NCc2ccccc2)cc(OC)c1OC. The van der Waals surface area contributed by atoms with Gasteiger partial charge >= 0.3 is 12.0 Å². The molecule has 0 fully saturated rings. The lowest BCUT2D eigenvalue weighted by molar-refractivity contribution is -0.149. The number of imide groups is 1. The number of urea groups is 1. The van der Waals surface area contributed by atoms with Gasteiger partial charge in [-0.25, -0.2) is 9.59 Å². The Balaban J connectivity index is 1.89. The van der Waals surface area contributed by atoms with Gasteiger partial charge in [-0.1, -0.05) is 30.3 Å². The molecule has 9 nitrogen and oxygen atoms in total. The second kappa shape index (κ2) is 12.0. The summed E-state index contributed by atoms with van der Waals surface area (Å²) in [5.41, 5.74) is 1.47. The molecule has 0 bridgehead atoms. The molecule has 32 heavy (non-hydrogen) atoms. The third kappa shape index (κ3) is 7.05. The fourth-order valence-electron chi connectivity index (χ4n) is 2.66. The van der Waals surface area contributed by atoms with E-state index in [1.165, 1.54) is 34.3 Å². The Morgan fingerprint density at radius 2 is 1.59 bits per heavy atom. The number of hydrogen-bond acceptors (Lipinski definition) is 7. The van der Waals surface area contributed by atoms with Gasteiger partial charge in [0.15, 0.2) is 17.6 Å². The average Bonchev–Trinajstić information content (AvgIpc) is 2.81. The number of hydrogen-bond donors (Lipinski definition) is 2. The summed E-state index contributed by atoms with van der Waals surface area (Å²) < 4.78 is 20.8. The average molecular weight is 442 g/mol. The van der Waals surface area contributed by atoms with Crippen molar-refractivity contribution in [2.24, 2.45) is 0 Å². The molecular weight excluding hydrogens is 416 g/mol. The van der Waals surface area contributed by atoms with Crippen molar-refractivity contribution in [1.29, 1.82) is 0 Å². The number of rotatable bonds is 9. The zero-order valence-corrected chi connectivity index (χ0v) is 18.3. The summed E-state index contributed by atoms with van der Waals surface area (Å²) >= 11 is 0. The minimum atomic E-state index is -1.17. The first-order chi connectivity index (χ1) is 15.4. The Bertz CT molecular complexity index is 949. The monoisotopic (exact) mass is 442 g/mol. The summed E-state index contributed by atoms with van der Waals surface area (Å²) in [6.07, 6.45) is 1.46. The molecule has 0 aliphatic rings. The highest BCUT2D eigenvalue weighted by molar-refractivity contribution is 5.98. The summed E-state index contributed by atoms with van der Waals surface area (Å²) in [4.78, 5) is 36.0. The first-order valence-corrected chi connectivity index (χ1v) is 9.69. The van der Waals surface area contributed by atoms with E-state index < -0.39 is 24.0 Å². The quantitative estimate of drug-likeness (QED) is 0.454. The smallest absolute Gasteiger partial charge is 0.331 e. The molecule has 0 radical (unpaired) electrons. The molecule has 0 aromatic heterocycles. The van der Waals surface area contributed by atoms with Gasteiger partial charge in [-0.05, 0) is 36.3 Å². The van der Waals surface area contributed by atoms with Crippen LogP contribution in [0.4, 0.5) is 4.79 Å². The van der Waals surface area contributed by atoms with Crippen LogP contribution in [0.1, 0.15) is 18.1 Å². The second-order valence-corrected chi connectivity index (χ2v) is 6.53. The molecule has 170 valence electrons. The number of carbonyl (C=O) groups is 3.